The van der Waals surface area contributed by atoms with E-state index in [2.05, 4.69) is 5.32 Å². The summed E-state index contributed by atoms with van der Waals surface area (Å²) >= 11 is 1.18. The van der Waals surface area contributed by atoms with Crippen molar-refractivity contribution in [2.24, 2.45) is 0 Å². The van der Waals surface area contributed by atoms with Gasteiger partial charge in [0.25, 0.3) is 5.91 Å². The predicted molar refractivity (Wildman–Crippen MR) is 70.0 cm³/mol. The number of hydrogen-bond acceptors (Lipinski definition) is 4. The molecule has 0 aliphatic carbocycles. The minimum absolute atomic E-state index is 0.0490. The van der Waals surface area contributed by atoms with Crippen LogP contribution in [0.15, 0.2) is 12.1 Å². The topological polar surface area (TPSA) is 66.5 Å². The van der Waals surface area contributed by atoms with Crippen LogP contribution in [-0.4, -0.2) is 43.1 Å². The number of carbonyl (C=O) groups is 3. The summed E-state index contributed by atoms with van der Waals surface area (Å²) in [6.45, 7) is 1.82. The number of carbonyl (C=O) groups excluding carboxylic acids is 3. The third-order valence-corrected chi connectivity index (χ3v) is 3.64. The minimum atomic E-state index is -0.170. The molecule has 0 bridgehead atoms. The Morgan fingerprint density at radius 3 is 2.39 bits per heavy atom. The van der Waals surface area contributed by atoms with Crippen LogP contribution >= 0.6 is 11.3 Å². The lowest BCUT2D eigenvalue weighted by Crippen LogP contribution is -2.30. The molecule has 0 unspecified atom stereocenters. The summed E-state index contributed by atoms with van der Waals surface area (Å²) in [6, 6.07) is 3.28. The van der Waals surface area contributed by atoms with Gasteiger partial charge in [0.2, 0.25) is 5.91 Å². The second-order valence-electron chi connectivity index (χ2n) is 3.87. The maximum absolute atomic E-state index is 12.0. The molecule has 0 saturated heterocycles. The molecule has 2 amide bonds. The molecule has 0 radical (unpaired) electrons. The fourth-order valence-corrected chi connectivity index (χ4v) is 2.22. The van der Waals surface area contributed by atoms with Gasteiger partial charge in [-0.25, -0.2) is 0 Å². The van der Waals surface area contributed by atoms with E-state index in [0.717, 1.165) is 0 Å². The number of hydrogen-bond donors (Lipinski definition) is 1. The van der Waals surface area contributed by atoms with Crippen molar-refractivity contribution in [3.8, 4) is 0 Å². The fraction of sp³-hybridized carbons (Fsp3) is 0.417. The van der Waals surface area contributed by atoms with Crippen LogP contribution < -0.4 is 5.32 Å². The SMILES string of the molecule is CNC(=O)CCN(C)C(=O)c1ccc(C(C)=O)s1. The van der Waals surface area contributed by atoms with Crippen molar-refractivity contribution in [3.63, 3.8) is 0 Å². The van der Waals surface area contributed by atoms with Gasteiger partial charge in [-0.2, -0.15) is 0 Å². The van der Waals surface area contributed by atoms with E-state index in [9.17, 15) is 14.4 Å². The zero-order valence-electron chi connectivity index (χ0n) is 10.6. The molecule has 1 aromatic rings. The van der Waals surface area contributed by atoms with E-state index in [0.29, 0.717) is 16.3 Å². The third-order valence-electron chi connectivity index (χ3n) is 2.46. The van der Waals surface area contributed by atoms with Gasteiger partial charge in [0.05, 0.1) is 9.75 Å². The highest BCUT2D eigenvalue weighted by atomic mass is 32.1. The van der Waals surface area contributed by atoms with Gasteiger partial charge in [-0.1, -0.05) is 0 Å². The molecule has 0 aliphatic heterocycles. The Bertz CT molecular complexity index is 468. The van der Waals surface area contributed by atoms with Crippen molar-refractivity contribution in [3.05, 3.63) is 21.9 Å². The lowest BCUT2D eigenvalue weighted by atomic mass is 10.3. The first-order valence-electron chi connectivity index (χ1n) is 5.52. The molecular weight excluding hydrogens is 252 g/mol. The van der Waals surface area contributed by atoms with Gasteiger partial charge in [-0.3, -0.25) is 14.4 Å². The number of Topliss-reactive ketones (excluding diaryl/α,β-unsaturated/α-hetero) is 1. The van der Waals surface area contributed by atoms with Crippen LogP contribution in [0.3, 0.4) is 0 Å². The van der Waals surface area contributed by atoms with Gasteiger partial charge in [-0.05, 0) is 19.1 Å². The summed E-state index contributed by atoms with van der Waals surface area (Å²) in [5.41, 5.74) is 0. The van der Waals surface area contributed by atoms with Crippen LogP contribution in [0, 0.1) is 0 Å². The lowest BCUT2D eigenvalue weighted by molar-refractivity contribution is -0.120. The summed E-state index contributed by atoms with van der Waals surface area (Å²) in [4.78, 5) is 36.7. The molecule has 98 valence electrons. The molecule has 1 N–H and O–H groups in total. The molecule has 1 heterocycles. The number of thiophene rings is 1. The van der Waals surface area contributed by atoms with Gasteiger partial charge < -0.3 is 10.2 Å². The molecular formula is C12H16N2O3S. The molecule has 0 fully saturated rings. The summed E-state index contributed by atoms with van der Waals surface area (Å²) in [5.74, 6) is -0.325. The quantitative estimate of drug-likeness (QED) is 0.815. The van der Waals surface area contributed by atoms with Crippen LogP contribution in [-0.2, 0) is 4.79 Å². The normalized spacial score (nSPS) is 9.94. The van der Waals surface area contributed by atoms with Gasteiger partial charge >= 0.3 is 0 Å². The Balaban J connectivity index is 2.62. The zero-order valence-corrected chi connectivity index (χ0v) is 11.5. The summed E-state index contributed by atoms with van der Waals surface area (Å²) in [7, 11) is 3.20. The maximum Gasteiger partial charge on any atom is 0.263 e. The standard InChI is InChI=1S/C12H16N2O3S/c1-8(15)9-4-5-10(18-9)12(17)14(3)7-6-11(16)13-2/h4-5H,6-7H2,1-3H3,(H,13,16). The molecule has 0 spiro atoms. The monoisotopic (exact) mass is 268 g/mol. The third kappa shape index (κ3) is 3.66. The Kier molecular flexibility index (Phi) is 5.03. The minimum Gasteiger partial charge on any atom is -0.359 e. The molecule has 18 heavy (non-hydrogen) atoms. The first kappa shape index (κ1) is 14.4. The van der Waals surface area contributed by atoms with E-state index in [1.54, 1.807) is 26.2 Å². The lowest BCUT2D eigenvalue weighted by Gasteiger charge is -2.15. The maximum atomic E-state index is 12.0. The highest BCUT2D eigenvalue weighted by molar-refractivity contribution is 7.15. The highest BCUT2D eigenvalue weighted by Gasteiger charge is 2.16. The first-order chi connectivity index (χ1) is 8.45. The van der Waals surface area contributed by atoms with Crippen LogP contribution in [0.4, 0.5) is 0 Å². The smallest absolute Gasteiger partial charge is 0.263 e. The molecule has 1 rings (SSSR count). The molecule has 1 aromatic heterocycles. The first-order valence-corrected chi connectivity index (χ1v) is 6.34. The van der Waals surface area contributed by atoms with Crippen molar-refractivity contribution in [2.45, 2.75) is 13.3 Å². The zero-order chi connectivity index (χ0) is 13.7. The van der Waals surface area contributed by atoms with E-state index in [-0.39, 0.29) is 24.0 Å². The molecule has 0 saturated carbocycles. The average molecular weight is 268 g/mol. The van der Waals surface area contributed by atoms with Crippen molar-refractivity contribution in [1.82, 2.24) is 10.2 Å². The van der Waals surface area contributed by atoms with E-state index in [1.807, 2.05) is 0 Å². The van der Waals surface area contributed by atoms with Crippen molar-refractivity contribution < 1.29 is 14.4 Å². The van der Waals surface area contributed by atoms with E-state index in [1.165, 1.54) is 23.2 Å². The Hall–Kier alpha value is -1.69. The van der Waals surface area contributed by atoms with Crippen LogP contribution in [0.5, 0.6) is 0 Å². The van der Waals surface area contributed by atoms with E-state index >= 15 is 0 Å². The summed E-state index contributed by atoms with van der Waals surface area (Å²) in [6.07, 6.45) is 0.268. The average Bonchev–Trinajstić information content (AvgIpc) is 2.84. The number of rotatable bonds is 5. The molecule has 6 heteroatoms. The van der Waals surface area contributed by atoms with Crippen molar-refractivity contribution in [1.29, 1.82) is 0 Å². The van der Waals surface area contributed by atoms with E-state index < -0.39 is 0 Å². The van der Waals surface area contributed by atoms with Gasteiger partial charge in [0.1, 0.15) is 0 Å². The molecule has 0 atom stereocenters. The number of nitrogens with one attached hydrogen (secondary N) is 1. The van der Waals surface area contributed by atoms with Gasteiger partial charge in [0, 0.05) is 27.1 Å². The van der Waals surface area contributed by atoms with Crippen molar-refractivity contribution in [2.75, 3.05) is 20.6 Å². The largest absolute Gasteiger partial charge is 0.359 e. The molecule has 0 aromatic carbocycles. The van der Waals surface area contributed by atoms with Gasteiger partial charge in [-0.15, -0.1) is 11.3 Å². The van der Waals surface area contributed by atoms with Crippen molar-refractivity contribution >= 4 is 28.9 Å². The summed E-state index contributed by atoms with van der Waals surface area (Å²) < 4.78 is 0. The second-order valence-corrected chi connectivity index (χ2v) is 4.95. The Morgan fingerprint density at radius 1 is 1.28 bits per heavy atom. The predicted octanol–water partition coefficient (Wildman–Crippen LogP) is 1.16. The summed E-state index contributed by atoms with van der Waals surface area (Å²) in [5, 5.41) is 2.50. The molecule has 5 nitrogen and oxygen atoms in total. The highest BCUT2D eigenvalue weighted by Crippen LogP contribution is 2.18. The van der Waals surface area contributed by atoms with Crippen LogP contribution in [0.1, 0.15) is 32.7 Å². The number of amides is 2. The van der Waals surface area contributed by atoms with Crippen LogP contribution in [0.2, 0.25) is 0 Å². The number of nitrogens with zero attached hydrogens (tertiary/aromatic N) is 1. The Labute approximate surface area is 110 Å². The van der Waals surface area contributed by atoms with E-state index in [4.69, 9.17) is 0 Å². The number of ketones is 1. The van der Waals surface area contributed by atoms with Gasteiger partial charge in [0.15, 0.2) is 5.78 Å². The second kappa shape index (κ2) is 6.30. The fourth-order valence-electron chi connectivity index (χ4n) is 1.33. The Morgan fingerprint density at radius 2 is 1.89 bits per heavy atom. The molecule has 0 aliphatic rings. The van der Waals surface area contributed by atoms with Crippen LogP contribution in [0.25, 0.3) is 0 Å².